The molecular weight excluding hydrogens is 487 g/mol. The molecule has 9 heteroatoms. The van der Waals surface area contributed by atoms with Crippen molar-refractivity contribution in [3.05, 3.63) is 64.5 Å². The van der Waals surface area contributed by atoms with Crippen molar-refractivity contribution in [1.29, 1.82) is 0 Å². The van der Waals surface area contributed by atoms with E-state index in [1.165, 1.54) is 4.90 Å². The standard InChI is InChI=1S/C29H35FN4O4/c1-28(2)16-33(17-29(3,4)38-28)14-18-8-9-19(22(30)12-18)13-31-23-7-5-6-20-21(23)15-34(27(20)37)24-10-11-25(35)32-26(24)36/h5-9,12,24,31H,10-11,13-17H2,1-4H3,(H,32,35,36)/t24-/m0/s1/i24D. The van der Waals surface area contributed by atoms with Gasteiger partial charge in [-0.15, -0.1) is 0 Å². The zero-order valence-electron chi connectivity index (χ0n) is 23.3. The van der Waals surface area contributed by atoms with Crippen LogP contribution >= 0.6 is 0 Å². The maximum Gasteiger partial charge on any atom is 0.255 e. The maximum absolute atomic E-state index is 15.1. The van der Waals surface area contributed by atoms with Gasteiger partial charge in [0.05, 0.1) is 12.6 Å². The molecule has 1 atom stereocenters. The van der Waals surface area contributed by atoms with Gasteiger partial charge in [-0.1, -0.05) is 18.2 Å². The normalized spacial score (nSPS) is 25.1. The molecule has 3 aliphatic rings. The van der Waals surface area contributed by atoms with Crippen molar-refractivity contribution in [2.75, 3.05) is 18.4 Å². The minimum Gasteiger partial charge on any atom is -0.381 e. The summed E-state index contributed by atoms with van der Waals surface area (Å²) in [5.74, 6) is -1.98. The van der Waals surface area contributed by atoms with E-state index >= 15 is 4.39 Å². The fraction of sp³-hybridized carbons (Fsp3) is 0.483. The van der Waals surface area contributed by atoms with Gasteiger partial charge in [-0.05, 0) is 57.9 Å². The molecule has 2 aromatic carbocycles. The van der Waals surface area contributed by atoms with Crippen LogP contribution in [0.5, 0.6) is 0 Å². The third-order valence-corrected chi connectivity index (χ3v) is 7.15. The lowest BCUT2D eigenvalue weighted by atomic mass is 9.98. The first-order valence-electron chi connectivity index (χ1n) is 13.5. The Kier molecular flexibility index (Phi) is 6.44. The minimum absolute atomic E-state index is 0.00317. The van der Waals surface area contributed by atoms with Gasteiger partial charge >= 0.3 is 0 Å². The topological polar surface area (TPSA) is 91.0 Å². The Morgan fingerprint density at radius 1 is 1.13 bits per heavy atom. The molecule has 0 saturated carbocycles. The SMILES string of the molecule is [2H][C@]1(N2Cc3c(NCc4ccc(CN5CC(C)(C)OC(C)(C)C5)cc4F)cccc3C2=O)CCC(=O)NC1=O. The molecule has 0 radical (unpaired) electrons. The molecule has 2 fully saturated rings. The average molecular weight is 524 g/mol. The molecule has 2 saturated heterocycles. The van der Waals surface area contributed by atoms with E-state index in [0.717, 1.165) is 18.7 Å². The van der Waals surface area contributed by atoms with Crippen molar-refractivity contribution in [3.8, 4) is 0 Å². The van der Waals surface area contributed by atoms with Crippen molar-refractivity contribution in [3.63, 3.8) is 0 Å². The quantitative estimate of drug-likeness (QED) is 0.563. The Bertz CT molecular complexity index is 1330. The summed E-state index contributed by atoms with van der Waals surface area (Å²) in [6.07, 6.45) is -0.0615. The number of ether oxygens (including phenoxy) is 1. The number of hydrogen-bond donors (Lipinski definition) is 2. The van der Waals surface area contributed by atoms with Gasteiger partial charge in [0, 0.05) is 61.5 Å². The van der Waals surface area contributed by atoms with Crippen LogP contribution in [0.15, 0.2) is 36.4 Å². The van der Waals surface area contributed by atoms with Gasteiger partial charge in [0.2, 0.25) is 11.8 Å². The highest BCUT2D eigenvalue weighted by atomic mass is 19.1. The van der Waals surface area contributed by atoms with E-state index in [1.54, 1.807) is 30.3 Å². The predicted octanol–water partition coefficient (Wildman–Crippen LogP) is 3.59. The molecule has 2 aromatic rings. The number of nitrogens with one attached hydrogen (secondary N) is 2. The summed E-state index contributed by atoms with van der Waals surface area (Å²) in [5.41, 5.74) is 2.49. The molecule has 2 N–H and O–H groups in total. The fourth-order valence-corrected chi connectivity index (χ4v) is 5.92. The summed E-state index contributed by atoms with van der Waals surface area (Å²) in [6, 6.07) is 8.59. The van der Waals surface area contributed by atoms with Gasteiger partial charge in [0.25, 0.3) is 5.91 Å². The molecule has 5 rings (SSSR count). The number of anilines is 1. The number of halogens is 1. The largest absolute Gasteiger partial charge is 0.381 e. The van der Waals surface area contributed by atoms with Crippen LogP contribution in [0.3, 0.4) is 0 Å². The van der Waals surface area contributed by atoms with Crippen LogP contribution in [0.4, 0.5) is 10.1 Å². The summed E-state index contributed by atoms with van der Waals surface area (Å²) in [7, 11) is 0. The van der Waals surface area contributed by atoms with Crippen LogP contribution in [0.1, 0.15) is 69.0 Å². The third-order valence-electron chi connectivity index (χ3n) is 7.15. The highest BCUT2D eigenvalue weighted by molar-refractivity contribution is 6.06. The van der Waals surface area contributed by atoms with Crippen molar-refractivity contribution in [2.24, 2.45) is 0 Å². The Balaban J connectivity index is 1.27. The molecule has 202 valence electrons. The van der Waals surface area contributed by atoms with Crippen molar-refractivity contribution in [2.45, 2.75) is 77.4 Å². The molecule has 0 unspecified atom stereocenters. The summed E-state index contributed by atoms with van der Waals surface area (Å²) in [6.45, 7) is 10.7. The van der Waals surface area contributed by atoms with Gasteiger partial charge in [-0.3, -0.25) is 24.6 Å². The van der Waals surface area contributed by atoms with Gasteiger partial charge < -0.3 is 15.0 Å². The second-order valence-electron chi connectivity index (χ2n) is 11.6. The number of amides is 3. The Hall–Kier alpha value is -3.30. The summed E-state index contributed by atoms with van der Waals surface area (Å²) >= 11 is 0. The van der Waals surface area contributed by atoms with E-state index in [1.807, 2.05) is 6.07 Å². The van der Waals surface area contributed by atoms with Crippen LogP contribution in [0.25, 0.3) is 0 Å². The number of fused-ring (bicyclic) bond motifs is 1. The first-order valence-corrected chi connectivity index (χ1v) is 13.0. The molecule has 3 amide bonds. The maximum atomic E-state index is 15.1. The summed E-state index contributed by atoms with van der Waals surface area (Å²) in [4.78, 5) is 40.7. The van der Waals surface area contributed by atoms with Crippen LogP contribution in [0.2, 0.25) is 0 Å². The van der Waals surface area contributed by atoms with E-state index < -0.39 is 23.7 Å². The Morgan fingerprint density at radius 3 is 2.55 bits per heavy atom. The number of imide groups is 1. The first kappa shape index (κ1) is 25.0. The summed E-state index contributed by atoms with van der Waals surface area (Å²) in [5, 5.41) is 5.41. The van der Waals surface area contributed by atoms with Crippen LogP contribution < -0.4 is 10.6 Å². The second-order valence-corrected chi connectivity index (χ2v) is 11.6. The smallest absolute Gasteiger partial charge is 0.255 e. The molecule has 0 bridgehead atoms. The van der Waals surface area contributed by atoms with Gasteiger partial charge in [0.1, 0.15) is 11.8 Å². The van der Waals surface area contributed by atoms with Gasteiger partial charge in [-0.2, -0.15) is 0 Å². The van der Waals surface area contributed by atoms with Crippen molar-refractivity contribution < 1.29 is 24.9 Å². The summed E-state index contributed by atoms with van der Waals surface area (Å²) < 4.78 is 30.0. The number of morpholine rings is 1. The lowest BCUT2D eigenvalue weighted by Gasteiger charge is -2.47. The second kappa shape index (κ2) is 9.78. The number of hydrogen-bond acceptors (Lipinski definition) is 6. The lowest BCUT2D eigenvalue weighted by Crippen LogP contribution is -2.56. The number of rotatable bonds is 6. The zero-order chi connectivity index (χ0) is 28.2. The number of nitrogens with zero attached hydrogens (tertiary/aromatic N) is 2. The van der Waals surface area contributed by atoms with Crippen LogP contribution in [-0.2, 0) is 34.0 Å². The zero-order valence-corrected chi connectivity index (χ0v) is 22.3. The van der Waals surface area contributed by atoms with E-state index in [9.17, 15) is 14.4 Å². The Labute approximate surface area is 223 Å². The van der Waals surface area contributed by atoms with Crippen LogP contribution in [-0.4, -0.2) is 57.8 Å². The molecule has 3 heterocycles. The molecule has 0 aliphatic carbocycles. The monoisotopic (exact) mass is 523 g/mol. The molecule has 38 heavy (non-hydrogen) atoms. The van der Waals surface area contributed by atoms with Crippen LogP contribution in [0, 0.1) is 5.82 Å². The van der Waals surface area contributed by atoms with Gasteiger partial charge in [0.15, 0.2) is 0 Å². The van der Waals surface area contributed by atoms with E-state index in [-0.39, 0.29) is 43.0 Å². The average Bonchev–Trinajstić information content (AvgIpc) is 3.17. The molecule has 8 nitrogen and oxygen atoms in total. The van der Waals surface area contributed by atoms with Crippen molar-refractivity contribution >= 4 is 23.4 Å². The minimum atomic E-state index is -1.85. The van der Waals surface area contributed by atoms with Crippen molar-refractivity contribution in [1.82, 2.24) is 15.1 Å². The molecular formula is C29H35FN4O4. The van der Waals surface area contributed by atoms with Gasteiger partial charge in [-0.25, -0.2) is 4.39 Å². The lowest BCUT2D eigenvalue weighted by molar-refractivity contribution is -0.182. The molecule has 3 aliphatic heterocycles. The number of benzene rings is 2. The number of piperidine rings is 1. The van der Waals surface area contributed by atoms with E-state index in [2.05, 4.69) is 43.2 Å². The third kappa shape index (κ3) is 5.44. The fourth-order valence-electron chi connectivity index (χ4n) is 5.92. The van der Waals surface area contributed by atoms with E-state index in [0.29, 0.717) is 28.9 Å². The molecule has 0 aromatic heterocycles. The predicted molar refractivity (Wildman–Crippen MR) is 141 cm³/mol. The number of carbonyl (C=O) groups excluding carboxylic acids is 3. The van der Waals surface area contributed by atoms with E-state index in [4.69, 9.17) is 6.11 Å². The highest BCUT2D eigenvalue weighted by Gasteiger charge is 2.40. The highest BCUT2D eigenvalue weighted by Crippen LogP contribution is 2.33. The molecule has 0 spiro atoms. The Morgan fingerprint density at radius 2 is 1.87 bits per heavy atom. The number of carbonyl (C=O) groups is 3. The first-order chi connectivity index (χ1) is 18.3.